The maximum Gasteiger partial charge on any atom is 0.280 e. The molecule has 0 aromatic carbocycles. The maximum absolute atomic E-state index is 11.7. The lowest BCUT2D eigenvalue weighted by molar-refractivity contribution is -0.118. The van der Waals surface area contributed by atoms with Crippen LogP contribution in [-0.2, 0) is 12.6 Å². The summed E-state index contributed by atoms with van der Waals surface area (Å²) in [5.74, 6) is 1.45. The van der Waals surface area contributed by atoms with Gasteiger partial charge in [-0.25, -0.2) is 3.11 Å². The van der Waals surface area contributed by atoms with Crippen molar-refractivity contribution in [2.24, 2.45) is 17.6 Å². The molecule has 0 rings (SSSR count). The van der Waals surface area contributed by atoms with Gasteiger partial charge >= 0.3 is 0 Å². The van der Waals surface area contributed by atoms with Crippen LogP contribution < -0.4 is 16.4 Å². The number of nitrogens with zero attached hydrogens (tertiary/aromatic N) is 2. The summed E-state index contributed by atoms with van der Waals surface area (Å²) in [6.07, 6.45) is 10.8. The van der Waals surface area contributed by atoms with Crippen LogP contribution in [0.25, 0.3) is 0 Å². The molecule has 0 bridgehead atoms. The molecule has 232 valence electrons. The number of carbonyl (C=O) groups is 2. The third kappa shape index (κ3) is 27.0. The fourth-order valence-corrected chi connectivity index (χ4v) is 6.03. The van der Waals surface area contributed by atoms with Crippen LogP contribution in [0.3, 0.4) is 0 Å². The number of unbranched alkanes of at least 4 members (excludes halogenated alkanes) is 1. The van der Waals surface area contributed by atoms with Crippen molar-refractivity contribution in [3.63, 3.8) is 0 Å². The Morgan fingerprint density at radius 1 is 0.872 bits per heavy atom. The van der Waals surface area contributed by atoms with Gasteiger partial charge in [0.25, 0.3) is 3.91 Å². The standard InChI is InChI=1S/C26H51I4N5O4/c1-2-6-23(8-5-18-38-19-20-39-30)21-24(7-3-4-13-35(29)15-10-31)9-14-34(17-12-33-26(28)37)16-11-32-25(36)22-27/h23-24H,2-22,31H2,1H3,(H,32,36)(H,33,37). The highest BCUT2D eigenvalue weighted by atomic mass is 127. The summed E-state index contributed by atoms with van der Waals surface area (Å²) in [5, 5.41) is 5.90. The Kier molecular flexibility index (Phi) is 31.0. The second-order valence-corrected chi connectivity index (χ2v) is 13.6. The molecule has 0 heterocycles. The van der Waals surface area contributed by atoms with Gasteiger partial charge in [-0.1, -0.05) is 55.2 Å². The Labute approximate surface area is 292 Å². The zero-order valence-electron chi connectivity index (χ0n) is 23.6. The molecule has 0 saturated heterocycles. The molecule has 2 amide bonds. The number of ether oxygens (including phenoxy) is 1. The van der Waals surface area contributed by atoms with Crippen LogP contribution in [0.2, 0.25) is 0 Å². The van der Waals surface area contributed by atoms with Gasteiger partial charge in [0.2, 0.25) is 5.91 Å². The molecule has 0 saturated carbocycles. The smallest absolute Gasteiger partial charge is 0.280 e. The molecular weight excluding hydrogens is 954 g/mol. The first-order chi connectivity index (χ1) is 18.9. The molecule has 0 aromatic rings. The van der Waals surface area contributed by atoms with Crippen molar-refractivity contribution >= 4 is 101 Å². The van der Waals surface area contributed by atoms with Crippen molar-refractivity contribution in [2.45, 2.75) is 64.7 Å². The minimum absolute atomic E-state index is 0.0317. The minimum Gasteiger partial charge on any atom is -0.379 e. The predicted molar refractivity (Wildman–Crippen MR) is 195 cm³/mol. The predicted octanol–water partition coefficient (Wildman–Crippen LogP) is 5.74. The molecule has 0 aliphatic rings. The quantitative estimate of drug-likeness (QED) is 0.0229. The third-order valence-corrected chi connectivity index (χ3v) is 9.10. The molecule has 0 aliphatic carbocycles. The van der Waals surface area contributed by atoms with Crippen LogP contribution in [0.4, 0.5) is 4.79 Å². The molecule has 0 radical (unpaired) electrons. The monoisotopic (exact) mass is 1010 g/mol. The van der Waals surface area contributed by atoms with Crippen LogP contribution in [-0.4, -0.2) is 94.4 Å². The summed E-state index contributed by atoms with van der Waals surface area (Å²) < 4.78 is 13.5. The first-order valence-electron chi connectivity index (χ1n) is 14.3. The van der Waals surface area contributed by atoms with E-state index in [1.807, 2.05) is 23.0 Å². The Morgan fingerprint density at radius 2 is 1.56 bits per heavy atom. The van der Waals surface area contributed by atoms with E-state index in [0.717, 1.165) is 58.1 Å². The summed E-state index contributed by atoms with van der Waals surface area (Å²) in [6.45, 7) is 10.9. The number of rotatable bonds is 28. The van der Waals surface area contributed by atoms with E-state index in [1.54, 1.807) is 22.6 Å². The Balaban J connectivity index is 5.05. The van der Waals surface area contributed by atoms with Gasteiger partial charge in [0.15, 0.2) is 0 Å². The lowest BCUT2D eigenvalue weighted by Crippen LogP contribution is -2.40. The Bertz CT molecular complexity index is 599. The van der Waals surface area contributed by atoms with Crippen LogP contribution in [0.15, 0.2) is 0 Å². The van der Waals surface area contributed by atoms with E-state index in [2.05, 4.69) is 71.0 Å². The average molecular weight is 1010 g/mol. The van der Waals surface area contributed by atoms with Gasteiger partial charge in [-0.15, -0.1) is 0 Å². The summed E-state index contributed by atoms with van der Waals surface area (Å²) in [7, 11) is 0. The van der Waals surface area contributed by atoms with Gasteiger partial charge in [-0.3, -0.25) is 14.5 Å². The van der Waals surface area contributed by atoms with Crippen molar-refractivity contribution in [1.82, 2.24) is 18.6 Å². The highest BCUT2D eigenvalue weighted by molar-refractivity contribution is 14.1. The average Bonchev–Trinajstić information content (AvgIpc) is 2.90. The van der Waals surface area contributed by atoms with E-state index >= 15 is 0 Å². The number of nitrogens with one attached hydrogen (secondary N) is 2. The highest BCUT2D eigenvalue weighted by Gasteiger charge is 2.18. The molecule has 9 nitrogen and oxygen atoms in total. The SMILES string of the molecule is CCCC(CCCOCCOI)CC(CCCCN(I)CCN)CCN(CCNC(=O)I)CCNC(=O)CI. The summed E-state index contributed by atoms with van der Waals surface area (Å²) in [4.78, 5) is 25.5. The second kappa shape index (κ2) is 29.7. The Hall–Kier alpha value is 1.66. The molecule has 2 unspecified atom stereocenters. The van der Waals surface area contributed by atoms with Gasteiger partial charge in [0, 0.05) is 97.9 Å². The van der Waals surface area contributed by atoms with E-state index in [9.17, 15) is 9.59 Å². The van der Waals surface area contributed by atoms with Gasteiger partial charge in [-0.2, -0.15) is 0 Å². The van der Waals surface area contributed by atoms with E-state index in [0.29, 0.717) is 43.2 Å². The summed E-state index contributed by atoms with van der Waals surface area (Å²) >= 11 is 8.16. The maximum atomic E-state index is 11.7. The minimum atomic E-state index is -0.0317. The highest BCUT2D eigenvalue weighted by Crippen LogP contribution is 2.28. The number of alkyl halides is 1. The zero-order chi connectivity index (χ0) is 29.1. The number of nitrogens with two attached hydrogens (primary N) is 1. The van der Waals surface area contributed by atoms with E-state index < -0.39 is 0 Å². The van der Waals surface area contributed by atoms with Crippen LogP contribution in [0.1, 0.15) is 64.7 Å². The lowest BCUT2D eigenvalue weighted by Gasteiger charge is -2.28. The molecule has 39 heavy (non-hydrogen) atoms. The molecule has 0 fully saturated rings. The van der Waals surface area contributed by atoms with Crippen molar-refractivity contribution in [2.75, 3.05) is 76.6 Å². The van der Waals surface area contributed by atoms with E-state index in [4.69, 9.17) is 13.5 Å². The number of hydrogen-bond donors (Lipinski definition) is 3. The fourth-order valence-electron chi connectivity index (χ4n) is 4.69. The van der Waals surface area contributed by atoms with Gasteiger partial charge in [0.05, 0.1) is 17.6 Å². The summed E-state index contributed by atoms with van der Waals surface area (Å²) in [5.41, 5.74) is 5.70. The van der Waals surface area contributed by atoms with Crippen molar-refractivity contribution in [3.8, 4) is 0 Å². The topological polar surface area (TPSA) is 109 Å². The van der Waals surface area contributed by atoms with Gasteiger partial charge < -0.3 is 24.2 Å². The normalized spacial score (nSPS) is 13.1. The molecule has 13 heteroatoms. The molecule has 2 atom stereocenters. The van der Waals surface area contributed by atoms with Crippen LogP contribution in [0.5, 0.6) is 0 Å². The first-order valence-corrected chi connectivity index (χ1v) is 18.7. The lowest BCUT2D eigenvalue weighted by atomic mass is 9.83. The molecule has 4 N–H and O–H groups in total. The van der Waals surface area contributed by atoms with Crippen molar-refractivity contribution < 1.29 is 17.4 Å². The van der Waals surface area contributed by atoms with Crippen molar-refractivity contribution in [3.05, 3.63) is 0 Å². The van der Waals surface area contributed by atoms with E-state index in [1.165, 1.54) is 44.9 Å². The van der Waals surface area contributed by atoms with Gasteiger partial charge in [-0.05, 0) is 50.5 Å². The molecule has 0 aliphatic heterocycles. The summed E-state index contributed by atoms with van der Waals surface area (Å²) in [6, 6.07) is 0. The van der Waals surface area contributed by atoms with E-state index in [-0.39, 0.29) is 9.82 Å². The number of amides is 2. The van der Waals surface area contributed by atoms with Crippen LogP contribution in [0, 0.1) is 11.8 Å². The van der Waals surface area contributed by atoms with Crippen molar-refractivity contribution in [1.29, 1.82) is 0 Å². The van der Waals surface area contributed by atoms with Gasteiger partial charge in [0.1, 0.15) is 23.0 Å². The number of halogens is 4. The third-order valence-electron chi connectivity index (χ3n) is 6.62. The molecule has 0 aromatic heterocycles. The molecule has 0 spiro atoms. The second-order valence-electron chi connectivity index (χ2n) is 9.83. The fraction of sp³-hybridized carbons (Fsp3) is 0.923. The zero-order valence-corrected chi connectivity index (χ0v) is 32.3. The number of carbonyl (C=O) groups excluding carboxylic acids is 2. The number of hydrogen-bond acceptors (Lipinski definition) is 7. The first kappa shape index (κ1) is 40.7. The molecular formula is C26H51I4N5O4. The van der Waals surface area contributed by atoms with Crippen LogP contribution >= 0.6 is 91.1 Å². The largest absolute Gasteiger partial charge is 0.379 e. The Morgan fingerprint density at radius 3 is 2.21 bits per heavy atom.